The zero-order chi connectivity index (χ0) is 27.4. The van der Waals surface area contributed by atoms with Gasteiger partial charge >= 0.3 is 6.16 Å². The minimum absolute atomic E-state index is 0.0362. The summed E-state index contributed by atoms with van der Waals surface area (Å²) in [5.41, 5.74) is 0.255. The van der Waals surface area contributed by atoms with Crippen LogP contribution < -0.4 is 5.32 Å². The molecule has 0 unspecified atom stereocenters. The number of amides is 1. The predicted octanol–water partition coefficient (Wildman–Crippen LogP) is 3.60. The molecule has 3 saturated heterocycles. The summed E-state index contributed by atoms with van der Waals surface area (Å²) in [5, 5.41) is 13.7. The highest BCUT2D eigenvalue weighted by Crippen LogP contribution is 2.46. The second-order valence-corrected chi connectivity index (χ2v) is 11.2. The van der Waals surface area contributed by atoms with Crippen molar-refractivity contribution in [1.29, 1.82) is 0 Å². The third-order valence-corrected chi connectivity index (χ3v) is 7.28. The molecule has 1 spiro atoms. The zero-order valence-corrected chi connectivity index (χ0v) is 23.1. The van der Waals surface area contributed by atoms with Crippen LogP contribution >= 0.6 is 0 Å². The lowest BCUT2D eigenvalue weighted by atomic mass is 9.83. The number of rotatable bonds is 8. The van der Waals surface area contributed by atoms with Crippen molar-refractivity contribution in [1.82, 2.24) is 5.32 Å². The fourth-order valence-corrected chi connectivity index (χ4v) is 5.13. The Bertz CT molecular complexity index is 906. The van der Waals surface area contributed by atoms with Crippen LogP contribution in [0.3, 0.4) is 0 Å². The van der Waals surface area contributed by atoms with E-state index in [1.165, 1.54) is 19.3 Å². The number of aliphatic hydroxyl groups excluding tert-OH is 1. The van der Waals surface area contributed by atoms with E-state index in [-0.39, 0.29) is 35.7 Å². The third-order valence-electron chi connectivity index (χ3n) is 7.28. The van der Waals surface area contributed by atoms with Crippen molar-refractivity contribution in [3.05, 3.63) is 36.0 Å². The molecule has 208 valence electrons. The second-order valence-electron chi connectivity index (χ2n) is 11.2. The average Bonchev–Trinajstić information content (AvgIpc) is 3.59. The number of methoxy groups -OCH3 is 1. The molecule has 9 nitrogen and oxygen atoms in total. The number of aliphatic hydroxyl groups is 1. The summed E-state index contributed by atoms with van der Waals surface area (Å²) >= 11 is 0. The Hall–Kier alpha value is -2.20. The van der Waals surface area contributed by atoms with Crippen molar-refractivity contribution >= 4 is 12.1 Å². The summed E-state index contributed by atoms with van der Waals surface area (Å²) in [5.74, 6) is -0.0165. The van der Waals surface area contributed by atoms with Crippen LogP contribution in [-0.2, 0) is 28.5 Å². The molecule has 8 atom stereocenters. The van der Waals surface area contributed by atoms with Gasteiger partial charge in [0.25, 0.3) is 0 Å². The molecule has 3 aliphatic heterocycles. The highest BCUT2D eigenvalue weighted by molar-refractivity contribution is 5.87. The normalized spacial score (nSPS) is 36.5. The predicted molar refractivity (Wildman–Crippen MR) is 138 cm³/mol. The first-order chi connectivity index (χ1) is 17.3. The standard InChI is InChI=1S/C28H43NO8/c1-17(9-12-23-25(31)28(16-34-28)15-27(5,6)37-23)8-11-22-18(2)14-21(20(4)36-22)29-24(30)13-10-19(3)35-26(32)33-7/h8-10,12-13,18-23,25,31H,11,14-16H2,1-7H3,(H,29,30)/b12-9+,13-10-,17-8+/t18-,19-,20+,21+,22-,23+,25+,28+/m0/s1. The van der Waals surface area contributed by atoms with Crippen molar-refractivity contribution < 1.29 is 38.4 Å². The van der Waals surface area contributed by atoms with E-state index in [0.717, 1.165) is 18.4 Å². The summed E-state index contributed by atoms with van der Waals surface area (Å²) in [6.45, 7) is 12.4. The summed E-state index contributed by atoms with van der Waals surface area (Å²) in [7, 11) is 1.23. The van der Waals surface area contributed by atoms with Gasteiger partial charge in [0.2, 0.25) is 5.91 Å². The summed E-state index contributed by atoms with van der Waals surface area (Å²) in [6.07, 6.45) is 8.59. The van der Waals surface area contributed by atoms with Gasteiger partial charge < -0.3 is 34.1 Å². The van der Waals surface area contributed by atoms with E-state index < -0.39 is 30.1 Å². The molecular formula is C28H43NO8. The van der Waals surface area contributed by atoms with Crippen molar-refractivity contribution in [2.24, 2.45) is 5.92 Å². The Morgan fingerprint density at radius 2 is 1.95 bits per heavy atom. The zero-order valence-electron chi connectivity index (χ0n) is 23.1. The number of hydrogen-bond acceptors (Lipinski definition) is 8. The lowest BCUT2D eigenvalue weighted by Crippen LogP contribution is -2.53. The van der Waals surface area contributed by atoms with Crippen LogP contribution in [0, 0.1) is 5.92 Å². The van der Waals surface area contributed by atoms with Crippen LogP contribution in [0.1, 0.15) is 60.8 Å². The molecule has 37 heavy (non-hydrogen) atoms. The maximum atomic E-state index is 12.4. The second kappa shape index (κ2) is 12.1. The first-order valence-electron chi connectivity index (χ1n) is 13.1. The van der Waals surface area contributed by atoms with Gasteiger partial charge in [0, 0.05) is 12.5 Å². The SMILES string of the molecule is COC(=O)O[C@@H](C)/C=C\C(=O)N[C@@H]1C[C@H](C)[C@H](C/C=C(C)/C=C/[C@H]2OC(C)(C)C[C@@]3(CO3)[C@@H]2O)O[C@@H]1C. The number of carbonyl (C=O) groups is 2. The van der Waals surface area contributed by atoms with Gasteiger partial charge in [-0.25, -0.2) is 4.79 Å². The Labute approximate surface area is 220 Å². The number of nitrogens with one attached hydrogen (secondary N) is 1. The van der Waals surface area contributed by atoms with Gasteiger partial charge in [0.05, 0.1) is 37.6 Å². The lowest BCUT2D eigenvalue weighted by Gasteiger charge is -2.41. The summed E-state index contributed by atoms with van der Waals surface area (Å²) < 4.78 is 27.3. The van der Waals surface area contributed by atoms with E-state index in [1.54, 1.807) is 6.92 Å². The Morgan fingerprint density at radius 1 is 1.24 bits per heavy atom. The maximum Gasteiger partial charge on any atom is 0.508 e. The quantitative estimate of drug-likeness (QED) is 0.215. The molecule has 0 aliphatic carbocycles. The fourth-order valence-electron chi connectivity index (χ4n) is 5.13. The molecule has 0 radical (unpaired) electrons. The van der Waals surface area contributed by atoms with E-state index in [1.807, 2.05) is 39.8 Å². The summed E-state index contributed by atoms with van der Waals surface area (Å²) in [4.78, 5) is 23.5. The van der Waals surface area contributed by atoms with Gasteiger partial charge in [-0.05, 0) is 59.5 Å². The number of ether oxygens (including phenoxy) is 5. The Morgan fingerprint density at radius 3 is 2.59 bits per heavy atom. The minimum atomic E-state index is -0.795. The molecule has 3 rings (SSSR count). The number of carbonyl (C=O) groups excluding carboxylic acids is 2. The topological polar surface area (TPSA) is 116 Å². The van der Waals surface area contributed by atoms with E-state index in [4.69, 9.17) is 18.9 Å². The van der Waals surface area contributed by atoms with E-state index in [9.17, 15) is 14.7 Å². The monoisotopic (exact) mass is 521 g/mol. The molecule has 0 bridgehead atoms. The van der Waals surface area contributed by atoms with Gasteiger partial charge in [0.15, 0.2) is 0 Å². The van der Waals surface area contributed by atoms with Gasteiger partial charge in [-0.3, -0.25) is 4.79 Å². The lowest BCUT2D eigenvalue weighted by molar-refractivity contribution is -0.171. The van der Waals surface area contributed by atoms with Crippen molar-refractivity contribution in [3.63, 3.8) is 0 Å². The minimum Gasteiger partial charge on any atom is -0.438 e. The van der Waals surface area contributed by atoms with Gasteiger partial charge in [-0.2, -0.15) is 0 Å². The van der Waals surface area contributed by atoms with Crippen LogP contribution in [0.15, 0.2) is 36.0 Å². The average molecular weight is 522 g/mol. The van der Waals surface area contributed by atoms with E-state index in [2.05, 4.69) is 23.1 Å². The highest BCUT2D eigenvalue weighted by atomic mass is 16.7. The van der Waals surface area contributed by atoms with E-state index in [0.29, 0.717) is 13.0 Å². The highest BCUT2D eigenvalue weighted by Gasteiger charge is 2.60. The Balaban J connectivity index is 1.48. The van der Waals surface area contributed by atoms with Crippen LogP contribution in [0.4, 0.5) is 4.79 Å². The van der Waals surface area contributed by atoms with Gasteiger partial charge in [0.1, 0.15) is 23.9 Å². The van der Waals surface area contributed by atoms with Crippen LogP contribution in [0.2, 0.25) is 0 Å². The number of hydrogen-bond donors (Lipinski definition) is 2. The molecular weight excluding hydrogens is 478 g/mol. The molecule has 3 heterocycles. The molecule has 0 saturated carbocycles. The first-order valence-corrected chi connectivity index (χ1v) is 13.1. The van der Waals surface area contributed by atoms with Gasteiger partial charge in [-0.15, -0.1) is 0 Å². The Kier molecular flexibility index (Phi) is 9.61. The van der Waals surface area contributed by atoms with Crippen molar-refractivity contribution in [2.75, 3.05) is 13.7 Å². The molecule has 0 aromatic carbocycles. The molecule has 9 heteroatoms. The van der Waals surface area contributed by atoms with Crippen LogP contribution in [-0.4, -0.2) is 78.6 Å². The maximum absolute atomic E-state index is 12.4. The molecule has 1 amide bonds. The molecule has 0 aromatic heterocycles. The van der Waals surface area contributed by atoms with Crippen LogP contribution in [0.5, 0.6) is 0 Å². The molecule has 2 N–H and O–H groups in total. The molecule has 3 fully saturated rings. The van der Waals surface area contributed by atoms with Crippen molar-refractivity contribution in [3.8, 4) is 0 Å². The third kappa shape index (κ3) is 8.14. The van der Waals surface area contributed by atoms with Gasteiger partial charge in [-0.1, -0.05) is 30.7 Å². The van der Waals surface area contributed by atoms with Crippen LogP contribution in [0.25, 0.3) is 0 Å². The molecule has 0 aromatic rings. The number of allylic oxidation sites excluding steroid dienone is 2. The van der Waals surface area contributed by atoms with Crippen molar-refractivity contribution in [2.45, 2.75) is 109 Å². The summed E-state index contributed by atoms with van der Waals surface area (Å²) in [6, 6.07) is -0.115. The number of epoxide rings is 1. The molecule has 3 aliphatic rings. The smallest absolute Gasteiger partial charge is 0.438 e. The fraction of sp³-hybridized carbons (Fsp3) is 0.714. The first kappa shape index (κ1) is 29.4. The largest absolute Gasteiger partial charge is 0.508 e. The van der Waals surface area contributed by atoms with E-state index >= 15 is 0 Å².